The monoisotopic (exact) mass is 259 g/mol. The minimum atomic E-state index is -5.15. The highest BCUT2D eigenvalue weighted by molar-refractivity contribution is 7.86. The van der Waals surface area contributed by atoms with Crippen molar-refractivity contribution < 1.29 is 38.1 Å². The van der Waals surface area contributed by atoms with Gasteiger partial charge in [-0.3, -0.25) is 4.55 Å². The average Bonchev–Trinajstić information content (AvgIpc) is 2.19. The van der Waals surface area contributed by atoms with Crippen LogP contribution < -0.4 is 5.73 Å². The summed E-state index contributed by atoms with van der Waals surface area (Å²) in [5.41, 5.74) is 5.14. The van der Waals surface area contributed by atoms with Crippen LogP contribution in [0.5, 0.6) is 0 Å². The molecule has 1 aliphatic rings. The van der Waals surface area contributed by atoms with E-state index in [2.05, 4.69) is 4.74 Å². The highest BCUT2D eigenvalue weighted by Crippen LogP contribution is 2.30. The van der Waals surface area contributed by atoms with Gasteiger partial charge in [-0.25, -0.2) is 0 Å². The first kappa shape index (κ1) is 13.7. The second-order valence-corrected chi connectivity index (χ2v) is 4.99. The van der Waals surface area contributed by atoms with Gasteiger partial charge in [-0.2, -0.15) is 8.42 Å². The lowest BCUT2D eigenvalue weighted by molar-refractivity contribution is -0.274. The molecule has 0 spiro atoms. The summed E-state index contributed by atoms with van der Waals surface area (Å²) in [6.45, 7) is -0.872. The Kier molecular flexibility index (Phi) is 3.57. The van der Waals surface area contributed by atoms with Crippen LogP contribution in [0.1, 0.15) is 0 Å². The Hall–Kier alpha value is -0.330. The molecule has 0 bridgehead atoms. The topological polar surface area (TPSA) is 171 Å². The molecule has 16 heavy (non-hydrogen) atoms. The smallest absolute Gasteiger partial charge is 0.323 e. The predicted octanol–water partition coefficient (Wildman–Crippen LogP) is -4.04. The molecule has 0 saturated carbocycles. The maximum atomic E-state index is 10.9. The predicted molar refractivity (Wildman–Crippen MR) is 48.4 cm³/mol. The highest BCUT2D eigenvalue weighted by atomic mass is 32.2. The number of aliphatic hydroxyl groups is 4. The zero-order chi connectivity index (χ0) is 12.7. The Labute approximate surface area is 90.8 Å². The van der Waals surface area contributed by atoms with E-state index < -0.39 is 46.2 Å². The molecule has 9 nitrogen and oxygen atoms in total. The molecule has 7 N–H and O–H groups in total. The number of nitrogens with two attached hydrogens (primary N) is 1. The first-order chi connectivity index (χ1) is 7.15. The van der Waals surface area contributed by atoms with E-state index in [0.717, 1.165) is 0 Å². The Bertz CT molecular complexity index is 356. The van der Waals surface area contributed by atoms with Gasteiger partial charge in [0.25, 0.3) is 0 Å². The number of rotatable bonds is 2. The van der Waals surface area contributed by atoms with Crippen LogP contribution in [0, 0.1) is 0 Å². The molecule has 1 aliphatic heterocycles. The summed E-state index contributed by atoms with van der Waals surface area (Å²) in [5.74, 6) is 0. The van der Waals surface area contributed by atoms with Gasteiger partial charge in [0.15, 0.2) is 0 Å². The number of hydrogen-bond acceptors (Lipinski definition) is 8. The second kappa shape index (κ2) is 4.16. The van der Waals surface area contributed by atoms with E-state index in [4.69, 9.17) is 15.4 Å². The van der Waals surface area contributed by atoms with Crippen molar-refractivity contribution in [2.24, 2.45) is 5.73 Å². The average molecular weight is 259 g/mol. The summed E-state index contributed by atoms with van der Waals surface area (Å²) in [5, 5.41) is 33.6. The van der Waals surface area contributed by atoms with Gasteiger partial charge in [-0.15, -0.1) is 0 Å². The molecular weight excluding hydrogens is 246 g/mol. The van der Waals surface area contributed by atoms with Crippen LogP contribution in [0.15, 0.2) is 0 Å². The summed E-state index contributed by atoms with van der Waals surface area (Å²) in [4.78, 5) is 0. The van der Waals surface area contributed by atoms with Crippen molar-refractivity contribution in [3.05, 3.63) is 0 Å². The Balaban J connectivity index is 3.14. The van der Waals surface area contributed by atoms with Crippen LogP contribution in [0.25, 0.3) is 0 Å². The lowest BCUT2D eigenvalue weighted by Crippen LogP contribution is -2.70. The lowest BCUT2D eigenvalue weighted by Gasteiger charge is -2.43. The maximum absolute atomic E-state index is 10.9. The molecule has 0 amide bonds. The molecule has 0 unspecified atom stereocenters. The fourth-order valence-corrected chi connectivity index (χ4v) is 2.12. The van der Waals surface area contributed by atoms with Crippen LogP contribution >= 0.6 is 0 Å². The van der Waals surface area contributed by atoms with Crippen LogP contribution in [-0.4, -0.2) is 69.5 Å². The van der Waals surface area contributed by atoms with Gasteiger partial charge in [-0.1, -0.05) is 0 Å². The minimum absolute atomic E-state index is 0.872. The zero-order valence-electron chi connectivity index (χ0n) is 7.96. The molecule has 1 heterocycles. The van der Waals surface area contributed by atoms with E-state index in [0.29, 0.717) is 0 Å². The van der Waals surface area contributed by atoms with E-state index in [9.17, 15) is 23.7 Å². The standard InChI is InChI=1S/C6H13NO8S/c7-5-4(10)3(9)2(1-8)15-6(5,11)16(12,13)14/h2-5,8-11H,1,7H2,(H,12,13,14)/t2-,3-,4+,5-,6-/m1/s1. The highest BCUT2D eigenvalue weighted by Gasteiger charge is 2.59. The number of aliphatic hydroxyl groups excluding tert-OH is 3. The van der Waals surface area contributed by atoms with Crippen LogP contribution in [0.3, 0.4) is 0 Å². The van der Waals surface area contributed by atoms with Crippen LogP contribution in [0.4, 0.5) is 0 Å². The van der Waals surface area contributed by atoms with Crippen LogP contribution in [-0.2, 0) is 14.9 Å². The third kappa shape index (κ3) is 1.94. The maximum Gasteiger partial charge on any atom is 0.323 e. The Morgan fingerprint density at radius 2 is 1.81 bits per heavy atom. The van der Waals surface area contributed by atoms with Gasteiger partial charge < -0.3 is 30.9 Å². The van der Waals surface area contributed by atoms with Gasteiger partial charge >= 0.3 is 15.2 Å². The molecule has 0 radical (unpaired) electrons. The van der Waals surface area contributed by atoms with Crippen molar-refractivity contribution in [2.75, 3.05) is 6.61 Å². The number of hydrogen-bond donors (Lipinski definition) is 6. The lowest BCUT2D eigenvalue weighted by atomic mass is 9.98. The zero-order valence-corrected chi connectivity index (χ0v) is 8.78. The molecular formula is C6H13NO8S. The third-order valence-electron chi connectivity index (χ3n) is 2.39. The molecule has 5 atom stereocenters. The molecule has 1 saturated heterocycles. The van der Waals surface area contributed by atoms with Gasteiger partial charge in [0, 0.05) is 0 Å². The molecule has 1 rings (SSSR count). The van der Waals surface area contributed by atoms with Crippen molar-refractivity contribution >= 4 is 10.1 Å². The molecule has 0 aliphatic carbocycles. The SMILES string of the molecule is N[C@@H]1[C@@H](O)[C@H](O)[C@@H](CO)O[C@@]1(O)S(=O)(=O)O. The summed E-state index contributed by atoms with van der Waals surface area (Å²) in [6.07, 6.45) is -5.14. The van der Waals surface area contributed by atoms with Crippen molar-refractivity contribution in [1.29, 1.82) is 0 Å². The van der Waals surface area contributed by atoms with Crippen molar-refractivity contribution in [3.63, 3.8) is 0 Å². The molecule has 10 heteroatoms. The molecule has 96 valence electrons. The largest absolute Gasteiger partial charge is 0.394 e. The summed E-state index contributed by atoms with van der Waals surface area (Å²) in [7, 11) is -5.15. The fraction of sp³-hybridized carbons (Fsp3) is 1.00. The van der Waals surface area contributed by atoms with Crippen molar-refractivity contribution in [1.82, 2.24) is 0 Å². The first-order valence-electron chi connectivity index (χ1n) is 4.25. The van der Waals surface area contributed by atoms with E-state index in [1.165, 1.54) is 0 Å². The van der Waals surface area contributed by atoms with E-state index >= 15 is 0 Å². The summed E-state index contributed by atoms with van der Waals surface area (Å²) >= 11 is 0. The quantitative estimate of drug-likeness (QED) is 0.270. The molecule has 1 fully saturated rings. The molecule has 0 aromatic rings. The molecule has 0 aromatic heterocycles. The van der Waals surface area contributed by atoms with E-state index in [1.807, 2.05) is 0 Å². The van der Waals surface area contributed by atoms with E-state index in [-0.39, 0.29) is 0 Å². The van der Waals surface area contributed by atoms with Gasteiger partial charge in [-0.05, 0) is 0 Å². The molecule has 0 aromatic carbocycles. The van der Waals surface area contributed by atoms with Gasteiger partial charge in [0.2, 0.25) is 0 Å². The van der Waals surface area contributed by atoms with E-state index in [1.54, 1.807) is 0 Å². The van der Waals surface area contributed by atoms with Crippen molar-refractivity contribution in [2.45, 2.75) is 29.5 Å². The van der Waals surface area contributed by atoms with Crippen molar-refractivity contribution in [3.8, 4) is 0 Å². The number of ether oxygens (including phenoxy) is 1. The first-order valence-corrected chi connectivity index (χ1v) is 5.69. The Morgan fingerprint density at radius 3 is 2.19 bits per heavy atom. The fourth-order valence-electron chi connectivity index (χ4n) is 1.39. The van der Waals surface area contributed by atoms with Gasteiger partial charge in [0.1, 0.15) is 24.4 Å². The summed E-state index contributed by atoms with van der Waals surface area (Å²) < 4.78 is 34.9. The van der Waals surface area contributed by atoms with Gasteiger partial charge in [0.05, 0.1) is 6.61 Å². The Morgan fingerprint density at radius 1 is 1.31 bits per heavy atom. The summed E-state index contributed by atoms with van der Waals surface area (Å²) in [6, 6.07) is -1.97. The minimum Gasteiger partial charge on any atom is -0.394 e. The van der Waals surface area contributed by atoms with Crippen LogP contribution in [0.2, 0.25) is 0 Å². The second-order valence-electron chi connectivity index (χ2n) is 3.45. The third-order valence-corrected chi connectivity index (χ3v) is 3.50. The normalized spacial score (nSPS) is 45.6.